The van der Waals surface area contributed by atoms with Gasteiger partial charge < -0.3 is 0 Å². The Hall–Kier alpha value is -1.70. The molecule has 0 amide bonds. The number of aromatic nitrogens is 4. The van der Waals surface area contributed by atoms with Gasteiger partial charge in [0.15, 0.2) is 5.65 Å². The maximum absolute atomic E-state index is 4.71. The maximum atomic E-state index is 4.71. The van der Waals surface area contributed by atoms with Crippen molar-refractivity contribution in [1.29, 1.82) is 0 Å². The van der Waals surface area contributed by atoms with E-state index in [-0.39, 0.29) is 0 Å². The largest absolute Gasteiger partial charge is 0.212 e. The summed E-state index contributed by atoms with van der Waals surface area (Å²) in [7, 11) is 0. The van der Waals surface area contributed by atoms with E-state index in [1.165, 1.54) is 5.56 Å². The van der Waals surface area contributed by atoms with Crippen LogP contribution in [0.25, 0.3) is 16.9 Å². The molecule has 0 fully saturated rings. The van der Waals surface area contributed by atoms with Crippen molar-refractivity contribution in [2.45, 2.75) is 10.9 Å². The Balaban J connectivity index is 1.62. The molecule has 2 aromatic heterocycles. The fourth-order valence-corrected chi connectivity index (χ4v) is 3.73. The topological polar surface area (TPSA) is 43.1 Å². The number of hydrogen-bond acceptors (Lipinski definition) is 4. The Morgan fingerprint density at radius 3 is 2.20 bits per heavy atom. The van der Waals surface area contributed by atoms with E-state index in [9.17, 15) is 0 Å². The number of halogens is 2. The number of hydrogen-bond donors (Lipinski definition) is 0. The van der Waals surface area contributed by atoms with Crippen LogP contribution in [0, 0.1) is 0 Å². The zero-order valence-electron chi connectivity index (χ0n) is 12.9. The third kappa shape index (κ3) is 3.78. The normalized spacial score (nSPS) is 11.1. The van der Waals surface area contributed by atoms with Crippen LogP contribution >= 0.6 is 43.6 Å². The van der Waals surface area contributed by atoms with Crippen LogP contribution in [-0.2, 0) is 5.75 Å². The molecule has 4 rings (SSSR count). The summed E-state index contributed by atoms with van der Waals surface area (Å²) in [6.45, 7) is 0. The smallest absolute Gasteiger partial charge is 0.187 e. The molecule has 2 aromatic carbocycles. The van der Waals surface area contributed by atoms with Crippen molar-refractivity contribution in [1.82, 2.24) is 19.8 Å². The van der Waals surface area contributed by atoms with E-state index >= 15 is 0 Å². The van der Waals surface area contributed by atoms with E-state index in [1.807, 2.05) is 48.5 Å². The first-order valence-electron chi connectivity index (χ1n) is 7.55. The second-order valence-corrected chi connectivity index (χ2v) is 8.17. The fraction of sp³-hybridized carbons (Fsp3) is 0.0556. The molecule has 2 heterocycles. The molecule has 0 saturated carbocycles. The van der Waals surface area contributed by atoms with Gasteiger partial charge in [0.05, 0.1) is 5.69 Å². The molecule has 4 nitrogen and oxygen atoms in total. The minimum absolute atomic E-state index is 0.749. The number of fused-ring (bicyclic) bond motifs is 1. The van der Waals surface area contributed by atoms with Crippen LogP contribution in [0.15, 0.2) is 74.8 Å². The summed E-state index contributed by atoms with van der Waals surface area (Å²) in [5.41, 5.74) is 3.93. The highest BCUT2D eigenvalue weighted by atomic mass is 79.9. The lowest BCUT2D eigenvalue weighted by Gasteiger charge is -2.04. The Bertz CT molecular complexity index is 1010. The van der Waals surface area contributed by atoms with Gasteiger partial charge in [-0.15, -0.1) is 10.2 Å². The molecule has 7 heteroatoms. The summed E-state index contributed by atoms with van der Waals surface area (Å²) in [5, 5.41) is 14.0. The monoisotopic (exact) mass is 474 g/mol. The minimum Gasteiger partial charge on any atom is -0.187 e. The second kappa shape index (κ2) is 7.27. The van der Waals surface area contributed by atoms with Crippen LogP contribution in [-0.4, -0.2) is 19.8 Å². The van der Waals surface area contributed by atoms with Gasteiger partial charge in [0.1, 0.15) is 0 Å². The molecule has 124 valence electrons. The van der Waals surface area contributed by atoms with Gasteiger partial charge in [-0.05, 0) is 42.0 Å². The van der Waals surface area contributed by atoms with Gasteiger partial charge in [0, 0.05) is 20.3 Å². The van der Waals surface area contributed by atoms with Crippen molar-refractivity contribution < 1.29 is 0 Å². The van der Waals surface area contributed by atoms with Crippen LogP contribution in [0.5, 0.6) is 0 Å². The molecule has 0 spiro atoms. The average molecular weight is 476 g/mol. The molecule has 0 unspecified atom stereocenters. The van der Waals surface area contributed by atoms with Gasteiger partial charge >= 0.3 is 0 Å². The molecule has 0 atom stereocenters. The van der Waals surface area contributed by atoms with Gasteiger partial charge in [-0.2, -0.15) is 9.61 Å². The first-order chi connectivity index (χ1) is 12.2. The molecule has 0 N–H and O–H groups in total. The first-order valence-corrected chi connectivity index (χ1v) is 10.1. The van der Waals surface area contributed by atoms with Gasteiger partial charge in [-0.1, -0.05) is 67.9 Å². The molecule has 0 aliphatic carbocycles. The van der Waals surface area contributed by atoms with Crippen LogP contribution in [0.4, 0.5) is 0 Å². The Morgan fingerprint density at radius 1 is 0.800 bits per heavy atom. The fourth-order valence-electron chi connectivity index (χ4n) is 2.36. The number of rotatable bonds is 4. The van der Waals surface area contributed by atoms with Gasteiger partial charge in [0.2, 0.25) is 5.16 Å². The predicted molar refractivity (Wildman–Crippen MR) is 108 cm³/mol. The molecule has 25 heavy (non-hydrogen) atoms. The van der Waals surface area contributed by atoms with Crippen LogP contribution in [0.2, 0.25) is 0 Å². The van der Waals surface area contributed by atoms with Crippen molar-refractivity contribution in [3.63, 3.8) is 0 Å². The van der Waals surface area contributed by atoms with Crippen LogP contribution in [0.1, 0.15) is 5.56 Å². The summed E-state index contributed by atoms with van der Waals surface area (Å²) in [4.78, 5) is 0. The standard InChI is InChI=1S/C18H12Br2N4S/c19-14-5-1-12(2-6-14)11-25-18-22-21-17-10-9-16(23-24(17)18)13-3-7-15(20)8-4-13/h1-10H,11H2. The highest BCUT2D eigenvalue weighted by Gasteiger charge is 2.09. The average Bonchev–Trinajstić information content (AvgIpc) is 3.04. The van der Waals surface area contributed by atoms with E-state index in [2.05, 4.69) is 54.2 Å². The Labute approximate surface area is 165 Å². The lowest BCUT2D eigenvalue weighted by Crippen LogP contribution is -1.96. The third-order valence-corrected chi connectivity index (χ3v) is 5.70. The van der Waals surface area contributed by atoms with Crippen molar-refractivity contribution in [3.05, 3.63) is 75.2 Å². The van der Waals surface area contributed by atoms with Crippen molar-refractivity contribution in [2.24, 2.45) is 0 Å². The van der Waals surface area contributed by atoms with Gasteiger partial charge in [-0.3, -0.25) is 0 Å². The Morgan fingerprint density at radius 2 is 1.48 bits per heavy atom. The third-order valence-electron chi connectivity index (χ3n) is 3.66. The highest BCUT2D eigenvalue weighted by Crippen LogP contribution is 2.24. The molecule has 0 aliphatic heterocycles. The van der Waals surface area contributed by atoms with Gasteiger partial charge in [-0.25, -0.2) is 0 Å². The van der Waals surface area contributed by atoms with Gasteiger partial charge in [0.25, 0.3) is 0 Å². The van der Waals surface area contributed by atoms with Crippen molar-refractivity contribution in [2.75, 3.05) is 0 Å². The number of nitrogens with zero attached hydrogens (tertiary/aromatic N) is 4. The SMILES string of the molecule is Brc1ccc(CSc2nnc3ccc(-c4ccc(Br)cc4)nn23)cc1. The summed E-state index contributed by atoms with van der Waals surface area (Å²) in [5.74, 6) is 0.818. The number of thioether (sulfide) groups is 1. The van der Waals surface area contributed by atoms with Crippen molar-refractivity contribution in [3.8, 4) is 11.3 Å². The highest BCUT2D eigenvalue weighted by molar-refractivity contribution is 9.10. The van der Waals surface area contributed by atoms with E-state index in [4.69, 9.17) is 5.10 Å². The molecule has 0 radical (unpaired) electrons. The first kappa shape index (κ1) is 16.8. The lowest BCUT2D eigenvalue weighted by molar-refractivity contribution is 0.813. The summed E-state index contributed by atoms with van der Waals surface area (Å²) < 4.78 is 3.93. The quantitative estimate of drug-likeness (QED) is 0.360. The van der Waals surface area contributed by atoms with Crippen molar-refractivity contribution >= 4 is 49.3 Å². The molecule has 4 aromatic rings. The molecule has 0 saturated heterocycles. The maximum Gasteiger partial charge on any atom is 0.212 e. The van der Waals surface area contributed by atoms with Crippen LogP contribution < -0.4 is 0 Å². The van der Waals surface area contributed by atoms with E-state index in [1.54, 1.807) is 16.3 Å². The lowest BCUT2D eigenvalue weighted by atomic mass is 10.1. The Kier molecular flexibility index (Phi) is 4.87. The number of benzene rings is 2. The predicted octanol–water partition coefficient (Wildman–Crippen LogP) is 5.61. The summed E-state index contributed by atoms with van der Waals surface area (Å²) >= 11 is 8.54. The van der Waals surface area contributed by atoms with Crippen LogP contribution in [0.3, 0.4) is 0 Å². The summed E-state index contributed by atoms with van der Waals surface area (Å²) in [6.07, 6.45) is 0. The summed E-state index contributed by atoms with van der Waals surface area (Å²) in [6, 6.07) is 20.3. The zero-order valence-corrected chi connectivity index (χ0v) is 16.9. The second-order valence-electron chi connectivity index (χ2n) is 5.39. The molecule has 0 aliphatic rings. The molecular weight excluding hydrogens is 464 g/mol. The van der Waals surface area contributed by atoms with E-state index in [0.717, 1.165) is 36.8 Å². The van der Waals surface area contributed by atoms with E-state index < -0.39 is 0 Å². The zero-order chi connectivity index (χ0) is 17.2. The molecular formula is C18H12Br2N4S. The minimum atomic E-state index is 0.749. The van der Waals surface area contributed by atoms with E-state index in [0.29, 0.717) is 0 Å². The molecule has 0 bridgehead atoms.